The smallest absolute Gasteiger partial charge is 0.262 e. The average Bonchev–Trinajstić information content (AvgIpc) is 3.24. The molecule has 168 valence electrons. The molecule has 1 atom stereocenters. The molecule has 1 saturated heterocycles. The molecule has 0 aliphatic carbocycles. The zero-order chi connectivity index (χ0) is 22.8. The molecule has 1 aromatic heterocycles. The zero-order valence-corrected chi connectivity index (χ0v) is 20.0. The Hall–Kier alpha value is -2.35. The number of hydrogen-bond donors (Lipinski definition) is 1. The molecule has 8 heteroatoms. The highest BCUT2D eigenvalue weighted by Crippen LogP contribution is 2.25. The lowest BCUT2D eigenvalue weighted by atomic mass is 10.1. The summed E-state index contributed by atoms with van der Waals surface area (Å²) in [5.74, 6) is -0.00859. The van der Waals surface area contributed by atoms with Gasteiger partial charge in [0.05, 0.1) is 29.3 Å². The van der Waals surface area contributed by atoms with Crippen LogP contribution in [0.4, 0.5) is 5.69 Å². The van der Waals surface area contributed by atoms with E-state index in [0.717, 1.165) is 35.2 Å². The maximum Gasteiger partial charge on any atom is 0.262 e. The first-order valence-corrected chi connectivity index (χ1v) is 12.0. The maximum atomic E-state index is 13.2. The summed E-state index contributed by atoms with van der Waals surface area (Å²) in [5, 5.41) is 4.52. The molecule has 0 radical (unpaired) electrons. The second-order valence-corrected chi connectivity index (χ2v) is 9.60. The summed E-state index contributed by atoms with van der Waals surface area (Å²) in [6.45, 7) is 7.13. The number of carbonyl (C=O) groups is 1. The molecule has 2 heterocycles. The predicted octanol–water partition coefficient (Wildman–Crippen LogP) is 4.88. The third-order valence-corrected chi connectivity index (χ3v) is 6.78. The summed E-state index contributed by atoms with van der Waals surface area (Å²) in [6.07, 6.45) is 1.86. The van der Waals surface area contributed by atoms with Crippen molar-refractivity contribution < 1.29 is 9.53 Å². The van der Waals surface area contributed by atoms with Crippen LogP contribution in [-0.4, -0.2) is 33.9 Å². The van der Waals surface area contributed by atoms with Crippen molar-refractivity contribution in [1.29, 1.82) is 0 Å². The van der Waals surface area contributed by atoms with Crippen LogP contribution in [0, 0.1) is 20.8 Å². The van der Waals surface area contributed by atoms with Crippen LogP contribution < -0.4 is 10.9 Å². The molecule has 2 aromatic carbocycles. The number of amides is 1. The average molecular weight is 472 g/mol. The van der Waals surface area contributed by atoms with E-state index in [9.17, 15) is 9.59 Å². The van der Waals surface area contributed by atoms with Crippen molar-refractivity contribution in [2.24, 2.45) is 0 Å². The zero-order valence-electron chi connectivity index (χ0n) is 18.4. The Bertz CT molecular complexity index is 1210. The number of carbonyl (C=O) groups excluding carboxylic acids is 1. The molecule has 3 aromatic rings. The van der Waals surface area contributed by atoms with Crippen molar-refractivity contribution >= 4 is 45.9 Å². The number of halogens is 1. The fraction of sp³-hybridized carbons (Fsp3) is 0.375. The molecule has 0 spiro atoms. The minimum atomic E-state index is -0.144. The number of hydrogen-bond acceptors (Lipinski definition) is 5. The largest absolute Gasteiger partial charge is 0.376 e. The van der Waals surface area contributed by atoms with Gasteiger partial charge < -0.3 is 10.1 Å². The van der Waals surface area contributed by atoms with Gasteiger partial charge in [-0.05, 0) is 62.9 Å². The van der Waals surface area contributed by atoms with Crippen molar-refractivity contribution in [2.75, 3.05) is 17.7 Å². The molecule has 0 saturated carbocycles. The van der Waals surface area contributed by atoms with Gasteiger partial charge in [-0.25, -0.2) is 4.98 Å². The minimum absolute atomic E-state index is 0.0229. The number of nitrogens with zero attached hydrogens (tertiary/aromatic N) is 2. The van der Waals surface area contributed by atoms with E-state index in [4.69, 9.17) is 16.3 Å². The third kappa shape index (κ3) is 5.00. The van der Waals surface area contributed by atoms with Gasteiger partial charge in [-0.3, -0.25) is 14.2 Å². The van der Waals surface area contributed by atoms with Gasteiger partial charge in [-0.2, -0.15) is 0 Å². The van der Waals surface area contributed by atoms with Gasteiger partial charge in [0, 0.05) is 17.3 Å². The number of aryl methyl sites for hydroxylation is 3. The van der Waals surface area contributed by atoms with Crippen LogP contribution >= 0.6 is 23.4 Å². The molecule has 1 unspecified atom stereocenters. The number of thioether (sulfide) groups is 1. The lowest BCUT2D eigenvalue weighted by Gasteiger charge is -2.17. The SMILES string of the molecule is Cc1cc(C)c(NC(=O)CSc2nc3cc(Cl)ccc3c(=O)n2CC2CCCO2)c(C)c1. The second-order valence-electron chi connectivity index (χ2n) is 8.22. The van der Waals surface area contributed by atoms with Crippen molar-refractivity contribution in [3.63, 3.8) is 0 Å². The Morgan fingerprint density at radius 3 is 2.69 bits per heavy atom. The van der Waals surface area contributed by atoms with Crippen molar-refractivity contribution in [3.8, 4) is 0 Å². The molecule has 1 aliphatic rings. The Labute approximate surface area is 196 Å². The Balaban J connectivity index is 1.59. The van der Waals surface area contributed by atoms with Crippen molar-refractivity contribution in [2.45, 2.75) is 51.4 Å². The lowest BCUT2D eigenvalue weighted by Crippen LogP contribution is -2.29. The molecule has 1 amide bonds. The maximum absolute atomic E-state index is 13.2. The van der Waals surface area contributed by atoms with Gasteiger partial charge in [0.1, 0.15) is 0 Å². The molecule has 1 fully saturated rings. The summed E-state index contributed by atoms with van der Waals surface area (Å²) < 4.78 is 7.37. The Morgan fingerprint density at radius 1 is 1.25 bits per heavy atom. The van der Waals surface area contributed by atoms with Gasteiger partial charge >= 0.3 is 0 Å². The van der Waals surface area contributed by atoms with E-state index < -0.39 is 0 Å². The number of rotatable bonds is 6. The van der Waals surface area contributed by atoms with Crippen LogP contribution in [0.5, 0.6) is 0 Å². The minimum Gasteiger partial charge on any atom is -0.376 e. The topological polar surface area (TPSA) is 73.2 Å². The predicted molar refractivity (Wildman–Crippen MR) is 130 cm³/mol. The van der Waals surface area contributed by atoms with Gasteiger partial charge in [-0.1, -0.05) is 41.1 Å². The van der Waals surface area contributed by atoms with Crippen LogP contribution in [0.3, 0.4) is 0 Å². The van der Waals surface area contributed by atoms with Crippen LogP contribution in [0.1, 0.15) is 29.5 Å². The number of benzene rings is 2. The molecule has 1 aliphatic heterocycles. The van der Waals surface area contributed by atoms with Crippen LogP contribution in [0.2, 0.25) is 5.02 Å². The normalized spacial score (nSPS) is 15.9. The standard InChI is InChI=1S/C24H26ClN3O3S/c1-14-9-15(2)22(16(3)10-14)27-21(29)13-32-24-26-20-11-17(25)6-7-19(20)23(30)28(24)12-18-5-4-8-31-18/h6-7,9-11,18H,4-5,8,12-13H2,1-3H3,(H,27,29). The third-order valence-electron chi connectivity index (χ3n) is 5.57. The van der Waals surface area contributed by atoms with E-state index >= 15 is 0 Å². The number of nitrogens with one attached hydrogen (secondary N) is 1. The fourth-order valence-corrected chi connectivity index (χ4v) is 5.09. The Morgan fingerprint density at radius 2 is 2.00 bits per heavy atom. The van der Waals surface area contributed by atoms with Gasteiger partial charge in [0.25, 0.3) is 5.56 Å². The fourth-order valence-electron chi connectivity index (χ4n) is 4.12. The molecule has 32 heavy (non-hydrogen) atoms. The quantitative estimate of drug-likeness (QED) is 0.409. The van der Waals surface area contributed by atoms with Gasteiger partial charge in [-0.15, -0.1) is 0 Å². The van der Waals surface area contributed by atoms with Crippen LogP contribution in [-0.2, 0) is 16.1 Å². The van der Waals surface area contributed by atoms with E-state index in [1.54, 1.807) is 22.8 Å². The first kappa shape index (κ1) is 22.8. The van der Waals surface area contributed by atoms with Crippen LogP contribution in [0.15, 0.2) is 40.3 Å². The van der Waals surface area contributed by atoms with Crippen molar-refractivity contribution in [1.82, 2.24) is 9.55 Å². The molecule has 4 rings (SSSR count). The lowest BCUT2D eigenvalue weighted by molar-refractivity contribution is -0.113. The first-order valence-electron chi connectivity index (χ1n) is 10.6. The van der Waals surface area contributed by atoms with E-state index in [1.807, 2.05) is 32.9 Å². The van der Waals surface area contributed by atoms with E-state index in [-0.39, 0.29) is 23.3 Å². The summed E-state index contributed by atoms with van der Waals surface area (Å²) in [4.78, 5) is 30.6. The summed E-state index contributed by atoms with van der Waals surface area (Å²) in [7, 11) is 0. The van der Waals surface area contributed by atoms with Crippen molar-refractivity contribution in [3.05, 3.63) is 62.4 Å². The number of fused-ring (bicyclic) bond motifs is 1. The highest BCUT2D eigenvalue weighted by Gasteiger charge is 2.21. The monoisotopic (exact) mass is 471 g/mol. The van der Waals surface area contributed by atoms with Gasteiger partial charge in [0.15, 0.2) is 5.16 Å². The van der Waals surface area contributed by atoms with Gasteiger partial charge in [0.2, 0.25) is 5.91 Å². The van der Waals surface area contributed by atoms with Crippen LogP contribution in [0.25, 0.3) is 10.9 Å². The molecular weight excluding hydrogens is 446 g/mol. The number of anilines is 1. The van der Waals surface area contributed by atoms with E-state index in [2.05, 4.69) is 10.3 Å². The first-order chi connectivity index (χ1) is 15.3. The highest BCUT2D eigenvalue weighted by atomic mass is 35.5. The number of aromatic nitrogens is 2. The second kappa shape index (κ2) is 9.65. The molecule has 1 N–H and O–H groups in total. The Kier molecular flexibility index (Phi) is 6.88. The molecule has 6 nitrogen and oxygen atoms in total. The summed E-state index contributed by atoms with van der Waals surface area (Å²) in [6, 6.07) is 9.16. The molecular formula is C24H26ClN3O3S. The number of ether oxygens (including phenoxy) is 1. The van der Waals surface area contributed by atoms with E-state index in [1.165, 1.54) is 11.8 Å². The summed E-state index contributed by atoms with van der Waals surface area (Å²) >= 11 is 7.37. The highest BCUT2D eigenvalue weighted by molar-refractivity contribution is 7.99. The molecule has 0 bridgehead atoms. The summed E-state index contributed by atoms with van der Waals surface area (Å²) in [5.41, 5.74) is 4.42. The van der Waals surface area contributed by atoms with E-state index in [0.29, 0.717) is 34.2 Å².